The highest BCUT2D eigenvalue weighted by molar-refractivity contribution is 5.75. The van der Waals surface area contributed by atoms with Crippen LogP contribution in [-0.4, -0.2) is 23.3 Å². The Morgan fingerprint density at radius 1 is 0.867 bits per heavy atom. The minimum Gasteiger partial charge on any atom is -0.497 e. The molecule has 0 unspecified atom stereocenters. The fourth-order valence-electron chi connectivity index (χ4n) is 3.45. The van der Waals surface area contributed by atoms with E-state index in [9.17, 15) is 0 Å². The Hall–Kier alpha value is -3.47. The quantitative estimate of drug-likeness (QED) is 0.352. The number of rotatable bonds is 9. The van der Waals surface area contributed by atoms with Gasteiger partial charge in [-0.05, 0) is 49.2 Å². The Balaban J connectivity index is 1.45. The van der Waals surface area contributed by atoms with Gasteiger partial charge in [-0.1, -0.05) is 36.4 Å². The summed E-state index contributed by atoms with van der Waals surface area (Å²) in [6.07, 6.45) is 0.876. The van der Waals surface area contributed by atoms with Crippen molar-refractivity contribution < 1.29 is 14.2 Å². The first kappa shape index (κ1) is 19.8. The van der Waals surface area contributed by atoms with Crippen LogP contribution in [0.5, 0.6) is 17.2 Å². The minimum atomic E-state index is 0.389. The molecular formula is C25H26N2O3. The van der Waals surface area contributed by atoms with E-state index >= 15 is 0 Å². The molecule has 0 N–H and O–H groups in total. The Morgan fingerprint density at radius 3 is 2.53 bits per heavy atom. The highest BCUT2D eigenvalue weighted by Gasteiger charge is 2.11. The lowest BCUT2D eigenvalue weighted by Gasteiger charge is -2.12. The summed E-state index contributed by atoms with van der Waals surface area (Å²) >= 11 is 0. The smallest absolute Gasteiger partial charge is 0.147 e. The average Bonchev–Trinajstić information content (AvgIpc) is 3.14. The third-order valence-electron chi connectivity index (χ3n) is 5.02. The molecule has 0 spiro atoms. The molecule has 0 saturated carbocycles. The summed E-state index contributed by atoms with van der Waals surface area (Å²) < 4.78 is 19.5. The van der Waals surface area contributed by atoms with E-state index in [0.717, 1.165) is 52.6 Å². The maximum atomic E-state index is 6.00. The summed E-state index contributed by atoms with van der Waals surface area (Å²) in [4.78, 5) is 4.79. The van der Waals surface area contributed by atoms with E-state index in [2.05, 4.69) is 23.6 Å². The Morgan fingerprint density at radius 2 is 1.67 bits per heavy atom. The van der Waals surface area contributed by atoms with Gasteiger partial charge >= 0.3 is 0 Å². The van der Waals surface area contributed by atoms with Crippen LogP contribution in [-0.2, 0) is 13.2 Å². The molecule has 1 aromatic heterocycles. The van der Waals surface area contributed by atoms with Crippen molar-refractivity contribution in [1.82, 2.24) is 9.55 Å². The largest absolute Gasteiger partial charge is 0.497 e. The molecule has 5 nitrogen and oxygen atoms in total. The van der Waals surface area contributed by atoms with Gasteiger partial charge in [0.1, 0.15) is 29.7 Å². The molecule has 0 aliphatic rings. The number of aryl methyl sites for hydroxylation is 2. The van der Waals surface area contributed by atoms with E-state index in [0.29, 0.717) is 13.2 Å². The maximum Gasteiger partial charge on any atom is 0.147 e. The van der Waals surface area contributed by atoms with Gasteiger partial charge in [-0.25, -0.2) is 4.98 Å². The van der Waals surface area contributed by atoms with Crippen molar-refractivity contribution in [1.29, 1.82) is 0 Å². The fraction of sp³-hybridized carbons (Fsp3) is 0.240. The third-order valence-corrected chi connectivity index (χ3v) is 5.02. The highest BCUT2D eigenvalue weighted by atomic mass is 16.5. The first-order valence-corrected chi connectivity index (χ1v) is 10.1. The van der Waals surface area contributed by atoms with Crippen molar-refractivity contribution in [2.24, 2.45) is 0 Å². The van der Waals surface area contributed by atoms with Crippen molar-refractivity contribution in [3.63, 3.8) is 0 Å². The molecule has 0 radical (unpaired) electrons. The van der Waals surface area contributed by atoms with Crippen LogP contribution in [0.25, 0.3) is 11.0 Å². The summed E-state index contributed by atoms with van der Waals surface area (Å²) in [5.74, 6) is 3.37. The zero-order chi connectivity index (χ0) is 20.8. The van der Waals surface area contributed by atoms with Crippen LogP contribution in [0, 0.1) is 6.92 Å². The number of hydrogen-bond acceptors (Lipinski definition) is 4. The lowest BCUT2D eigenvalue weighted by atomic mass is 10.2. The zero-order valence-electron chi connectivity index (χ0n) is 17.4. The average molecular weight is 402 g/mol. The zero-order valence-corrected chi connectivity index (χ0v) is 17.4. The van der Waals surface area contributed by atoms with Crippen LogP contribution >= 0.6 is 0 Å². The van der Waals surface area contributed by atoms with E-state index in [1.54, 1.807) is 7.11 Å². The number of methoxy groups -OCH3 is 1. The molecule has 0 amide bonds. The van der Waals surface area contributed by atoms with Crippen molar-refractivity contribution in [2.45, 2.75) is 26.5 Å². The molecule has 4 rings (SSSR count). The molecule has 0 atom stereocenters. The van der Waals surface area contributed by atoms with Gasteiger partial charge in [0.15, 0.2) is 0 Å². The topological polar surface area (TPSA) is 45.5 Å². The van der Waals surface area contributed by atoms with Gasteiger partial charge in [-0.3, -0.25) is 0 Å². The molecule has 0 fully saturated rings. The number of imidazole rings is 1. The van der Waals surface area contributed by atoms with Crippen molar-refractivity contribution in [3.8, 4) is 17.2 Å². The maximum absolute atomic E-state index is 6.00. The molecule has 0 saturated heterocycles. The number of ether oxygens (including phenoxy) is 3. The van der Waals surface area contributed by atoms with E-state index in [4.69, 9.17) is 19.2 Å². The summed E-state index contributed by atoms with van der Waals surface area (Å²) in [7, 11) is 1.65. The highest BCUT2D eigenvalue weighted by Crippen LogP contribution is 2.22. The molecule has 1 heterocycles. The predicted molar refractivity (Wildman–Crippen MR) is 118 cm³/mol. The number of aromatic nitrogens is 2. The Labute approximate surface area is 176 Å². The van der Waals surface area contributed by atoms with Crippen LogP contribution < -0.4 is 14.2 Å². The molecule has 5 heteroatoms. The van der Waals surface area contributed by atoms with Gasteiger partial charge in [-0.15, -0.1) is 0 Å². The SMILES string of the molecule is COc1cccc(OCc2nc3ccccc3n2CCCOc2ccccc2C)c1. The fourth-order valence-corrected chi connectivity index (χ4v) is 3.45. The predicted octanol–water partition coefficient (Wildman–Crippen LogP) is 5.40. The molecule has 0 aliphatic carbocycles. The van der Waals surface area contributed by atoms with Gasteiger partial charge in [0.2, 0.25) is 0 Å². The van der Waals surface area contributed by atoms with E-state index in [1.165, 1.54) is 0 Å². The van der Waals surface area contributed by atoms with E-state index < -0.39 is 0 Å². The molecule has 30 heavy (non-hydrogen) atoms. The normalized spacial score (nSPS) is 10.9. The summed E-state index contributed by atoms with van der Waals surface area (Å²) in [5.41, 5.74) is 3.23. The van der Waals surface area contributed by atoms with E-state index in [1.807, 2.05) is 60.7 Å². The standard InChI is InChI=1S/C25H26N2O3/c1-19-9-3-6-14-24(19)29-16-8-15-27-23-13-5-4-12-22(23)26-25(27)18-30-21-11-7-10-20(17-21)28-2/h3-7,9-14,17H,8,15-16,18H2,1-2H3. The first-order chi connectivity index (χ1) is 14.7. The van der Waals surface area contributed by atoms with Crippen LogP contribution in [0.4, 0.5) is 0 Å². The van der Waals surface area contributed by atoms with Crippen molar-refractivity contribution in [3.05, 3.63) is 84.2 Å². The summed E-state index contributed by atoms with van der Waals surface area (Å²) in [6, 6.07) is 23.9. The van der Waals surface area contributed by atoms with Gasteiger partial charge < -0.3 is 18.8 Å². The number of benzene rings is 3. The minimum absolute atomic E-state index is 0.389. The monoisotopic (exact) mass is 402 g/mol. The second-order valence-electron chi connectivity index (χ2n) is 7.10. The van der Waals surface area contributed by atoms with Crippen molar-refractivity contribution in [2.75, 3.05) is 13.7 Å². The summed E-state index contributed by atoms with van der Waals surface area (Å²) in [5, 5.41) is 0. The number of fused-ring (bicyclic) bond motifs is 1. The summed E-state index contributed by atoms with van der Waals surface area (Å²) in [6.45, 7) is 3.91. The van der Waals surface area contributed by atoms with Crippen LogP contribution in [0.2, 0.25) is 0 Å². The van der Waals surface area contributed by atoms with Gasteiger partial charge in [-0.2, -0.15) is 0 Å². The number of hydrogen-bond donors (Lipinski definition) is 0. The van der Waals surface area contributed by atoms with Gasteiger partial charge in [0, 0.05) is 12.6 Å². The van der Waals surface area contributed by atoms with E-state index in [-0.39, 0.29) is 0 Å². The second-order valence-corrected chi connectivity index (χ2v) is 7.10. The lowest BCUT2D eigenvalue weighted by Crippen LogP contribution is -2.10. The van der Waals surface area contributed by atoms with Gasteiger partial charge in [0.25, 0.3) is 0 Å². The molecular weight excluding hydrogens is 376 g/mol. The Bertz CT molecular complexity index is 1120. The molecule has 4 aromatic rings. The lowest BCUT2D eigenvalue weighted by molar-refractivity contribution is 0.278. The third kappa shape index (κ3) is 4.57. The first-order valence-electron chi connectivity index (χ1n) is 10.1. The molecule has 0 bridgehead atoms. The second kappa shape index (κ2) is 9.35. The molecule has 154 valence electrons. The number of para-hydroxylation sites is 3. The molecule has 0 aliphatic heterocycles. The van der Waals surface area contributed by atoms with Crippen LogP contribution in [0.15, 0.2) is 72.8 Å². The van der Waals surface area contributed by atoms with Crippen molar-refractivity contribution >= 4 is 11.0 Å². The molecule has 3 aromatic carbocycles. The number of nitrogens with zero attached hydrogens (tertiary/aromatic N) is 2. The van der Waals surface area contributed by atoms with Crippen LogP contribution in [0.1, 0.15) is 17.8 Å². The van der Waals surface area contributed by atoms with Crippen LogP contribution in [0.3, 0.4) is 0 Å². The Kier molecular flexibility index (Phi) is 6.18. The van der Waals surface area contributed by atoms with Gasteiger partial charge in [0.05, 0.1) is 24.8 Å².